The van der Waals surface area contributed by atoms with E-state index in [0.717, 1.165) is 26.1 Å². The molecule has 1 aromatic carbocycles. The van der Waals surface area contributed by atoms with E-state index in [9.17, 15) is 18.0 Å². The number of thioether (sulfide) groups is 1. The van der Waals surface area contributed by atoms with Crippen LogP contribution in [-0.2, 0) is 4.74 Å². The number of nitrogen functional groups attached to an aromatic ring is 1. The largest absolute Gasteiger partial charge is 0.408 e. The smallest absolute Gasteiger partial charge is 0.398 e. The van der Waals surface area contributed by atoms with Crippen molar-refractivity contribution < 1.29 is 17.9 Å². The summed E-state index contributed by atoms with van der Waals surface area (Å²) in [5.74, 6) is 1.52. The highest BCUT2D eigenvalue weighted by molar-refractivity contribution is 7.99. The van der Waals surface area contributed by atoms with Gasteiger partial charge in [-0.1, -0.05) is 12.1 Å². The summed E-state index contributed by atoms with van der Waals surface area (Å²) >= 11 is 1.65. The zero-order valence-electron chi connectivity index (χ0n) is 19.6. The Morgan fingerprint density at radius 1 is 1.19 bits per heavy atom. The predicted molar refractivity (Wildman–Crippen MR) is 135 cm³/mol. The Labute approximate surface area is 211 Å². The number of amidine groups is 1. The highest BCUT2D eigenvalue weighted by Gasteiger charge is 2.44. The van der Waals surface area contributed by atoms with Crippen molar-refractivity contribution in [3.63, 3.8) is 0 Å². The Balaban J connectivity index is 0.000000383. The molecule has 1 atom stereocenters. The van der Waals surface area contributed by atoms with Crippen LogP contribution >= 0.6 is 11.8 Å². The highest BCUT2D eigenvalue weighted by atomic mass is 32.2. The molecule has 1 aromatic heterocycles. The fourth-order valence-corrected chi connectivity index (χ4v) is 4.88. The standard InChI is InChI=1S/C18H20F3N5OS.C6H9NO/c19-18(20,21)15(26-7-9-28-10-8-26)11-1-3-12(4-2-11)25-16(23)14-13(22)5-6-24-17(14)27;7-5-6-1-3-8-4-2-6/h1-6,15H,7-10H2,(H2,23,25)(H3,22,24,27);6H,1-4H2. The maximum Gasteiger partial charge on any atom is 0.408 e. The molecule has 12 heteroatoms. The van der Waals surface area contributed by atoms with Crippen LogP contribution in [0.3, 0.4) is 0 Å². The maximum absolute atomic E-state index is 13.7. The number of nitrogens with one attached hydrogen (secondary N) is 1. The van der Waals surface area contributed by atoms with Gasteiger partial charge < -0.3 is 21.2 Å². The van der Waals surface area contributed by atoms with Crippen LogP contribution in [0.2, 0.25) is 0 Å². The number of alkyl halides is 3. The van der Waals surface area contributed by atoms with Gasteiger partial charge in [-0.3, -0.25) is 9.69 Å². The molecular formula is C24H29F3N6O2S. The average Bonchev–Trinajstić information content (AvgIpc) is 2.86. The summed E-state index contributed by atoms with van der Waals surface area (Å²) in [6, 6.07) is 7.74. The van der Waals surface area contributed by atoms with Gasteiger partial charge in [-0.15, -0.1) is 0 Å². The number of hydrogen-bond acceptors (Lipinski definition) is 7. The van der Waals surface area contributed by atoms with Gasteiger partial charge in [-0.25, -0.2) is 4.99 Å². The Kier molecular flexibility index (Phi) is 9.81. The van der Waals surface area contributed by atoms with Crippen molar-refractivity contribution in [2.75, 3.05) is 43.5 Å². The summed E-state index contributed by atoms with van der Waals surface area (Å²) in [6.07, 6.45) is -1.13. The van der Waals surface area contributed by atoms with Crippen molar-refractivity contribution in [3.05, 3.63) is 58.0 Å². The predicted octanol–water partition coefficient (Wildman–Crippen LogP) is 3.58. The summed E-state index contributed by atoms with van der Waals surface area (Å²) in [7, 11) is 0. The molecule has 0 radical (unpaired) electrons. The third kappa shape index (κ3) is 7.49. The molecule has 2 fully saturated rings. The molecular weight excluding hydrogens is 493 g/mol. The molecule has 3 heterocycles. The van der Waals surface area contributed by atoms with Gasteiger partial charge in [0, 0.05) is 49.7 Å². The number of nitriles is 1. The van der Waals surface area contributed by atoms with Crippen LogP contribution in [0.4, 0.5) is 24.5 Å². The lowest BCUT2D eigenvalue weighted by Gasteiger charge is -2.35. The van der Waals surface area contributed by atoms with Gasteiger partial charge in [0.2, 0.25) is 0 Å². The minimum atomic E-state index is -4.38. The zero-order chi connectivity index (χ0) is 26.1. The molecule has 0 aliphatic carbocycles. The number of aliphatic imine (C=N–C) groups is 1. The van der Waals surface area contributed by atoms with Crippen molar-refractivity contribution in [1.29, 1.82) is 5.26 Å². The van der Waals surface area contributed by atoms with E-state index in [-0.39, 0.29) is 28.6 Å². The molecule has 2 aliphatic heterocycles. The van der Waals surface area contributed by atoms with E-state index in [1.54, 1.807) is 11.8 Å². The molecule has 1 unspecified atom stereocenters. The molecule has 8 nitrogen and oxygen atoms in total. The van der Waals surface area contributed by atoms with Crippen LogP contribution < -0.4 is 17.0 Å². The Morgan fingerprint density at radius 2 is 1.83 bits per heavy atom. The number of nitrogens with two attached hydrogens (primary N) is 2. The zero-order valence-corrected chi connectivity index (χ0v) is 20.4. The molecule has 0 saturated carbocycles. The minimum Gasteiger partial charge on any atom is -0.398 e. The monoisotopic (exact) mass is 522 g/mol. The number of H-pyrrole nitrogens is 1. The Bertz CT molecular complexity index is 1120. The fraction of sp³-hybridized carbons (Fsp3) is 0.458. The molecule has 4 rings (SSSR count). The molecule has 0 bridgehead atoms. The van der Waals surface area contributed by atoms with Gasteiger partial charge >= 0.3 is 6.18 Å². The van der Waals surface area contributed by atoms with Gasteiger partial charge in [-0.05, 0) is 36.6 Å². The number of anilines is 1. The van der Waals surface area contributed by atoms with E-state index in [1.165, 1.54) is 41.4 Å². The quantitative estimate of drug-likeness (QED) is 0.413. The number of benzene rings is 1. The summed E-state index contributed by atoms with van der Waals surface area (Å²) < 4.78 is 46.0. The number of aromatic nitrogens is 1. The molecule has 2 saturated heterocycles. The number of hydrogen-bond donors (Lipinski definition) is 3. The number of aromatic amines is 1. The van der Waals surface area contributed by atoms with Crippen molar-refractivity contribution in [2.24, 2.45) is 16.6 Å². The maximum atomic E-state index is 13.7. The van der Waals surface area contributed by atoms with Crippen LogP contribution in [0.1, 0.15) is 30.0 Å². The molecule has 5 N–H and O–H groups in total. The van der Waals surface area contributed by atoms with Gasteiger partial charge in [0.05, 0.1) is 17.7 Å². The lowest BCUT2D eigenvalue weighted by Crippen LogP contribution is -2.42. The Hall–Kier alpha value is -3.01. The third-order valence-electron chi connectivity index (χ3n) is 5.83. The highest BCUT2D eigenvalue weighted by Crippen LogP contribution is 2.39. The van der Waals surface area contributed by atoms with Gasteiger partial charge in [-0.2, -0.15) is 30.2 Å². The number of pyridine rings is 1. The van der Waals surface area contributed by atoms with Crippen LogP contribution in [-0.4, -0.2) is 59.7 Å². The lowest BCUT2D eigenvalue weighted by atomic mass is 10.0. The first-order chi connectivity index (χ1) is 17.2. The first-order valence-electron chi connectivity index (χ1n) is 11.5. The first-order valence-corrected chi connectivity index (χ1v) is 12.6. The fourth-order valence-electron chi connectivity index (χ4n) is 3.95. The molecule has 194 valence electrons. The number of ether oxygens (including phenoxy) is 1. The summed E-state index contributed by atoms with van der Waals surface area (Å²) in [6.45, 7) is 2.33. The lowest BCUT2D eigenvalue weighted by molar-refractivity contribution is -0.185. The number of halogens is 3. The molecule has 0 amide bonds. The third-order valence-corrected chi connectivity index (χ3v) is 6.77. The topological polar surface area (TPSA) is 134 Å². The van der Waals surface area contributed by atoms with Gasteiger partial charge in [0.25, 0.3) is 5.56 Å². The molecule has 2 aromatic rings. The Morgan fingerprint density at radius 3 is 2.36 bits per heavy atom. The van der Waals surface area contributed by atoms with E-state index in [0.29, 0.717) is 30.3 Å². The second kappa shape index (κ2) is 12.8. The summed E-state index contributed by atoms with van der Waals surface area (Å²) in [5, 5.41) is 8.39. The minimum absolute atomic E-state index is 0.0329. The van der Waals surface area contributed by atoms with Crippen molar-refractivity contribution in [1.82, 2.24) is 9.88 Å². The van der Waals surface area contributed by atoms with Crippen LogP contribution in [0.25, 0.3) is 0 Å². The van der Waals surface area contributed by atoms with Crippen molar-refractivity contribution in [3.8, 4) is 6.07 Å². The van der Waals surface area contributed by atoms with Crippen LogP contribution in [0, 0.1) is 17.2 Å². The van der Waals surface area contributed by atoms with E-state index < -0.39 is 17.8 Å². The van der Waals surface area contributed by atoms with E-state index >= 15 is 0 Å². The second-order valence-electron chi connectivity index (χ2n) is 8.33. The molecule has 36 heavy (non-hydrogen) atoms. The van der Waals surface area contributed by atoms with Gasteiger partial charge in [0.15, 0.2) is 0 Å². The summed E-state index contributed by atoms with van der Waals surface area (Å²) in [5.41, 5.74) is 11.8. The average molecular weight is 523 g/mol. The van der Waals surface area contributed by atoms with Crippen LogP contribution in [0.5, 0.6) is 0 Å². The molecule has 0 spiro atoms. The first kappa shape index (κ1) is 27.6. The van der Waals surface area contributed by atoms with E-state index in [2.05, 4.69) is 16.0 Å². The number of nitrogens with zero attached hydrogens (tertiary/aromatic N) is 3. The molecule has 2 aliphatic rings. The number of rotatable bonds is 4. The van der Waals surface area contributed by atoms with Gasteiger partial charge in [0.1, 0.15) is 17.4 Å². The normalized spacial score (nSPS) is 18.6. The van der Waals surface area contributed by atoms with Crippen molar-refractivity contribution >= 4 is 29.0 Å². The second-order valence-corrected chi connectivity index (χ2v) is 9.56. The van der Waals surface area contributed by atoms with E-state index in [4.69, 9.17) is 21.5 Å². The van der Waals surface area contributed by atoms with Crippen molar-refractivity contribution in [2.45, 2.75) is 25.1 Å². The summed E-state index contributed by atoms with van der Waals surface area (Å²) in [4.78, 5) is 19.9. The SMILES string of the molecule is N#CC1CCOCC1.NC(=Nc1ccc(C(N2CCSCC2)C(F)(F)F)cc1)c1c(N)cc[nH]c1=O. The van der Waals surface area contributed by atoms with E-state index in [1.807, 2.05) is 0 Å². The van der Waals surface area contributed by atoms with Crippen LogP contribution in [0.15, 0.2) is 46.3 Å².